The Morgan fingerprint density at radius 1 is 1.56 bits per heavy atom. The Bertz CT molecular complexity index is 445. The molecule has 86 valence electrons. The molecule has 0 saturated heterocycles. The van der Waals surface area contributed by atoms with Crippen LogP contribution in [0.1, 0.15) is 29.8 Å². The first kappa shape index (κ1) is 11.4. The highest BCUT2D eigenvalue weighted by Crippen LogP contribution is 2.25. The molecule has 2 heterocycles. The molecule has 0 bridgehead atoms. The number of hydrogen-bond acceptors (Lipinski definition) is 3. The molecule has 0 aromatic carbocycles. The Hall–Kier alpha value is -1.13. The quantitative estimate of drug-likeness (QED) is 0.882. The summed E-state index contributed by atoms with van der Waals surface area (Å²) in [6.45, 7) is 5.19. The Balaban J connectivity index is 2.37. The molecule has 0 saturated carbocycles. The van der Waals surface area contributed by atoms with Gasteiger partial charge in [-0.1, -0.05) is 6.92 Å². The van der Waals surface area contributed by atoms with Gasteiger partial charge in [-0.2, -0.15) is 16.4 Å². The van der Waals surface area contributed by atoms with Crippen molar-refractivity contribution in [3.8, 4) is 0 Å². The Morgan fingerprint density at radius 2 is 2.38 bits per heavy atom. The van der Waals surface area contributed by atoms with E-state index in [0.29, 0.717) is 0 Å². The first-order chi connectivity index (χ1) is 7.74. The lowest BCUT2D eigenvalue weighted by Crippen LogP contribution is -2.22. The van der Waals surface area contributed by atoms with E-state index in [9.17, 15) is 0 Å². The van der Waals surface area contributed by atoms with Crippen LogP contribution < -0.4 is 5.32 Å². The first-order valence-electron chi connectivity index (χ1n) is 5.48. The first-order valence-corrected chi connectivity index (χ1v) is 6.42. The van der Waals surface area contributed by atoms with Crippen LogP contribution in [0.2, 0.25) is 0 Å². The highest BCUT2D eigenvalue weighted by Gasteiger charge is 2.17. The summed E-state index contributed by atoms with van der Waals surface area (Å²) in [6.07, 6.45) is 1.96. The van der Waals surface area contributed by atoms with Gasteiger partial charge in [0.05, 0.1) is 12.2 Å². The molecule has 1 unspecified atom stereocenters. The van der Waals surface area contributed by atoms with Crippen molar-refractivity contribution >= 4 is 11.3 Å². The van der Waals surface area contributed by atoms with E-state index in [0.717, 1.165) is 6.54 Å². The van der Waals surface area contributed by atoms with Gasteiger partial charge in [0.15, 0.2) is 0 Å². The molecule has 4 heteroatoms. The Labute approximate surface area is 100 Å². The summed E-state index contributed by atoms with van der Waals surface area (Å²) in [5.74, 6) is 0. The topological polar surface area (TPSA) is 29.9 Å². The highest BCUT2D eigenvalue weighted by atomic mass is 32.1. The van der Waals surface area contributed by atoms with Gasteiger partial charge >= 0.3 is 0 Å². The third kappa shape index (κ3) is 2.03. The molecule has 0 aliphatic carbocycles. The molecule has 2 aromatic rings. The van der Waals surface area contributed by atoms with Crippen molar-refractivity contribution in [2.75, 3.05) is 6.54 Å². The highest BCUT2D eigenvalue weighted by molar-refractivity contribution is 7.08. The van der Waals surface area contributed by atoms with Crippen LogP contribution >= 0.6 is 11.3 Å². The van der Waals surface area contributed by atoms with Crippen molar-refractivity contribution in [3.05, 3.63) is 39.8 Å². The van der Waals surface area contributed by atoms with Gasteiger partial charge in [0.2, 0.25) is 0 Å². The van der Waals surface area contributed by atoms with E-state index in [-0.39, 0.29) is 6.04 Å². The summed E-state index contributed by atoms with van der Waals surface area (Å²) in [7, 11) is 1.98. The van der Waals surface area contributed by atoms with Gasteiger partial charge in [-0.15, -0.1) is 0 Å². The predicted octanol–water partition coefficient (Wildman–Crippen LogP) is 2.49. The average molecular weight is 235 g/mol. The number of aryl methyl sites for hydroxylation is 1. The minimum atomic E-state index is 0.268. The minimum absolute atomic E-state index is 0.268. The molecule has 3 nitrogen and oxygen atoms in total. The molecule has 0 radical (unpaired) electrons. The van der Waals surface area contributed by atoms with Crippen molar-refractivity contribution in [1.82, 2.24) is 15.1 Å². The van der Waals surface area contributed by atoms with Crippen molar-refractivity contribution in [2.45, 2.75) is 19.9 Å². The Kier molecular flexibility index (Phi) is 3.41. The van der Waals surface area contributed by atoms with Gasteiger partial charge in [0.25, 0.3) is 0 Å². The van der Waals surface area contributed by atoms with Gasteiger partial charge < -0.3 is 5.32 Å². The molecule has 1 N–H and O–H groups in total. The second-order valence-corrected chi connectivity index (χ2v) is 4.64. The molecule has 0 aliphatic heterocycles. The number of rotatable bonds is 4. The molecular formula is C12H17N3S. The number of nitrogens with zero attached hydrogens (tertiary/aromatic N) is 2. The average Bonchev–Trinajstić information content (AvgIpc) is 2.89. The molecule has 2 rings (SSSR count). The summed E-state index contributed by atoms with van der Waals surface area (Å²) in [5, 5.41) is 12.1. The fraction of sp³-hybridized carbons (Fsp3) is 0.417. The zero-order valence-electron chi connectivity index (χ0n) is 9.90. The molecule has 0 spiro atoms. The van der Waals surface area contributed by atoms with Crippen molar-refractivity contribution in [2.24, 2.45) is 7.05 Å². The van der Waals surface area contributed by atoms with Crippen LogP contribution in [0, 0.1) is 6.92 Å². The third-order valence-corrected chi connectivity index (χ3v) is 3.57. The summed E-state index contributed by atoms with van der Waals surface area (Å²) >= 11 is 1.73. The predicted molar refractivity (Wildman–Crippen MR) is 67.8 cm³/mol. The molecular weight excluding hydrogens is 218 g/mol. The van der Waals surface area contributed by atoms with Crippen molar-refractivity contribution in [1.29, 1.82) is 0 Å². The summed E-state index contributed by atoms with van der Waals surface area (Å²) in [4.78, 5) is 0. The molecule has 0 fully saturated rings. The number of hydrogen-bond donors (Lipinski definition) is 1. The maximum absolute atomic E-state index is 4.31. The SMILES string of the molecule is CCNC(c1ccsc1)c1cnn(C)c1C. The second-order valence-electron chi connectivity index (χ2n) is 3.86. The summed E-state index contributed by atoms with van der Waals surface area (Å²) < 4.78 is 1.92. The van der Waals surface area contributed by atoms with Gasteiger partial charge in [0, 0.05) is 18.3 Å². The van der Waals surface area contributed by atoms with Crippen LogP contribution in [-0.2, 0) is 7.05 Å². The van der Waals surface area contributed by atoms with Crippen LogP contribution in [0.3, 0.4) is 0 Å². The van der Waals surface area contributed by atoms with E-state index in [4.69, 9.17) is 0 Å². The lowest BCUT2D eigenvalue weighted by molar-refractivity contribution is 0.626. The fourth-order valence-corrected chi connectivity index (χ4v) is 2.54. The van der Waals surface area contributed by atoms with E-state index in [2.05, 4.69) is 41.1 Å². The van der Waals surface area contributed by atoms with Gasteiger partial charge in [-0.05, 0) is 35.9 Å². The van der Waals surface area contributed by atoms with Gasteiger partial charge in [0.1, 0.15) is 0 Å². The van der Waals surface area contributed by atoms with E-state index in [1.54, 1.807) is 11.3 Å². The lowest BCUT2D eigenvalue weighted by Gasteiger charge is -2.16. The van der Waals surface area contributed by atoms with E-state index in [1.165, 1.54) is 16.8 Å². The second kappa shape index (κ2) is 4.80. The monoisotopic (exact) mass is 235 g/mol. The molecule has 0 aliphatic rings. The standard InChI is InChI=1S/C12H17N3S/c1-4-13-12(10-5-6-16-8-10)11-7-14-15(3)9(11)2/h5-8,12-13H,4H2,1-3H3. The maximum Gasteiger partial charge on any atom is 0.0618 e. The van der Waals surface area contributed by atoms with Gasteiger partial charge in [-0.3, -0.25) is 4.68 Å². The number of aromatic nitrogens is 2. The zero-order chi connectivity index (χ0) is 11.5. The third-order valence-electron chi connectivity index (χ3n) is 2.87. The normalized spacial score (nSPS) is 12.9. The smallest absolute Gasteiger partial charge is 0.0618 e. The fourth-order valence-electron chi connectivity index (χ4n) is 1.85. The molecule has 16 heavy (non-hydrogen) atoms. The zero-order valence-corrected chi connectivity index (χ0v) is 10.7. The largest absolute Gasteiger partial charge is 0.306 e. The maximum atomic E-state index is 4.31. The van der Waals surface area contributed by atoms with E-state index < -0.39 is 0 Å². The van der Waals surface area contributed by atoms with Crippen LogP contribution in [-0.4, -0.2) is 16.3 Å². The van der Waals surface area contributed by atoms with Gasteiger partial charge in [-0.25, -0.2) is 0 Å². The van der Waals surface area contributed by atoms with E-state index >= 15 is 0 Å². The molecule has 0 amide bonds. The molecule has 1 atom stereocenters. The summed E-state index contributed by atoms with van der Waals surface area (Å²) in [6, 6.07) is 2.44. The number of nitrogens with one attached hydrogen (secondary N) is 1. The van der Waals surface area contributed by atoms with Crippen LogP contribution in [0.15, 0.2) is 23.0 Å². The minimum Gasteiger partial charge on any atom is -0.306 e. The van der Waals surface area contributed by atoms with Crippen LogP contribution in [0.4, 0.5) is 0 Å². The van der Waals surface area contributed by atoms with Crippen LogP contribution in [0.25, 0.3) is 0 Å². The Morgan fingerprint density at radius 3 is 2.88 bits per heavy atom. The number of thiophene rings is 1. The van der Waals surface area contributed by atoms with Crippen LogP contribution in [0.5, 0.6) is 0 Å². The van der Waals surface area contributed by atoms with E-state index in [1.807, 2.05) is 17.9 Å². The molecule has 2 aromatic heterocycles. The summed E-state index contributed by atoms with van der Waals surface area (Å²) in [5.41, 5.74) is 3.81. The van der Waals surface area contributed by atoms with Crippen molar-refractivity contribution < 1.29 is 0 Å². The van der Waals surface area contributed by atoms with Crippen molar-refractivity contribution in [3.63, 3.8) is 0 Å². The lowest BCUT2D eigenvalue weighted by atomic mass is 10.0.